The van der Waals surface area contributed by atoms with E-state index < -0.39 is 34.3 Å². The van der Waals surface area contributed by atoms with Crippen molar-refractivity contribution in [2.24, 2.45) is 0 Å². The van der Waals surface area contributed by atoms with Crippen LogP contribution in [0.25, 0.3) is 33.7 Å². The molecule has 4 rings (SSSR count). The Labute approximate surface area is 236 Å². The average Bonchev–Trinajstić information content (AvgIpc) is 2.86. The van der Waals surface area contributed by atoms with E-state index in [2.05, 4.69) is 4.98 Å². The molecule has 0 N–H and O–H groups in total. The lowest BCUT2D eigenvalue weighted by molar-refractivity contribution is 0.561. The first-order valence-corrected chi connectivity index (χ1v) is 18.2. The zero-order chi connectivity index (χ0) is 29.5. The fourth-order valence-electron chi connectivity index (χ4n) is 4.38. The highest BCUT2D eigenvalue weighted by molar-refractivity contribution is 7.91. The van der Waals surface area contributed by atoms with Crippen molar-refractivity contribution in [3.05, 3.63) is 95.7 Å². The normalized spacial score (nSPS) is 13.5. The highest BCUT2D eigenvalue weighted by Gasteiger charge is 2.33. The van der Waals surface area contributed by atoms with E-state index in [1.807, 2.05) is 42.5 Å². The van der Waals surface area contributed by atoms with E-state index in [9.17, 15) is 25.3 Å². The van der Waals surface area contributed by atoms with Crippen LogP contribution in [0, 0.1) is 0 Å². The summed E-state index contributed by atoms with van der Waals surface area (Å²) < 4.78 is 72.5. The number of aromatic nitrogens is 1. The predicted molar refractivity (Wildman–Crippen MR) is 162 cm³/mol. The Morgan fingerprint density at radius 3 is 2.10 bits per heavy atom. The van der Waals surface area contributed by atoms with E-state index >= 15 is 0 Å². The van der Waals surface area contributed by atoms with Crippen molar-refractivity contribution in [1.29, 1.82) is 0 Å². The number of hydrogen-bond donors (Lipinski definition) is 0. The first-order valence-electron chi connectivity index (χ1n) is 12.3. The monoisotopic (exact) mass is 597 g/mol. The van der Waals surface area contributed by atoms with Gasteiger partial charge in [-0.1, -0.05) is 42.5 Å². The third-order valence-corrected chi connectivity index (χ3v) is 11.0. The third kappa shape index (κ3) is 6.51. The van der Waals surface area contributed by atoms with Crippen LogP contribution >= 0.6 is 0 Å². The summed E-state index contributed by atoms with van der Waals surface area (Å²) in [5.74, 6) is -0.238. The van der Waals surface area contributed by atoms with Gasteiger partial charge in [-0.2, -0.15) is 0 Å². The second-order valence-electron chi connectivity index (χ2n) is 10.5. The summed E-state index contributed by atoms with van der Waals surface area (Å²) in [4.78, 5) is 4.71. The largest absolute Gasteiger partial charge is 0.256 e. The van der Waals surface area contributed by atoms with Crippen molar-refractivity contribution in [2.75, 3.05) is 24.5 Å². The Kier molecular flexibility index (Phi) is 7.83. The van der Waals surface area contributed by atoms with Gasteiger partial charge in [0.1, 0.15) is 0 Å². The molecule has 0 unspecified atom stereocenters. The highest BCUT2D eigenvalue weighted by atomic mass is 32.2. The highest BCUT2D eigenvalue weighted by Crippen LogP contribution is 2.37. The molecule has 7 nitrogen and oxygen atoms in total. The first-order chi connectivity index (χ1) is 18.5. The number of sulfone groups is 3. The summed E-state index contributed by atoms with van der Waals surface area (Å²) in [6.07, 6.45) is 6.93. The Morgan fingerprint density at radius 2 is 1.50 bits per heavy atom. The maximum Gasteiger partial charge on any atom is 0.175 e. The molecule has 4 aromatic rings. The summed E-state index contributed by atoms with van der Waals surface area (Å²) in [5, 5.41) is 0.802. The van der Waals surface area contributed by atoms with Gasteiger partial charge < -0.3 is 0 Å². The molecule has 0 spiro atoms. The molecule has 0 aliphatic carbocycles. The molecule has 0 saturated heterocycles. The maximum atomic E-state index is 12.6. The van der Waals surface area contributed by atoms with Gasteiger partial charge in [0.05, 0.1) is 20.9 Å². The Bertz CT molecular complexity index is 1960. The average molecular weight is 598 g/mol. The van der Waals surface area contributed by atoms with E-state index in [1.54, 1.807) is 44.3 Å². The van der Waals surface area contributed by atoms with Crippen LogP contribution in [0.1, 0.15) is 30.5 Å². The van der Waals surface area contributed by atoms with Gasteiger partial charge in [0.25, 0.3) is 0 Å². The number of nitrogens with zero attached hydrogens (tertiary/aromatic N) is 1. The van der Waals surface area contributed by atoms with Crippen molar-refractivity contribution in [1.82, 2.24) is 4.98 Å². The van der Waals surface area contributed by atoms with Crippen molar-refractivity contribution < 1.29 is 25.3 Å². The molecule has 0 saturated carbocycles. The molecular weight excluding hydrogens is 567 g/mol. The van der Waals surface area contributed by atoms with Crippen LogP contribution in [0.3, 0.4) is 0 Å². The molecule has 0 aliphatic heterocycles. The number of rotatable bonds is 8. The van der Waals surface area contributed by atoms with E-state index in [4.69, 9.17) is 0 Å². The van der Waals surface area contributed by atoms with Crippen LogP contribution in [0.2, 0.25) is 0 Å². The number of hydrogen-bond acceptors (Lipinski definition) is 7. The number of pyridine rings is 1. The molecule has 0 aliphatic rings. The minimum absolute atomic E-state index is 0.147. The van der Waals surface area contributed by atoms with Gasteiger partial charge in [0.15, 0.2) is 29.5 Å². The first kappa shape index (κ1) is 29.6. The summed E-state index contributed by atoms with van der Waals surface area (Å²) in [6.45, 7) is 3.35. The topological polar surface area (TPSA) is 115 Å². The minimum Gasteiger partial charge on any atom is -0.256 e. The Morgan fingerprint density at radius 1 is 0.825 bits per heavy atom. The fourth-order valence-corrected chi connectivity index (χ4v) is 6.37. The number of benzene rings is 3. The van der Waals surface area contributed by atoms with Gasteiger partial charge >= 0.3 is 0 Å². The molecule has 3 aromatic carbocycles. The van der Waals surface area contributed by atoms with Crippen LogP contribution in [0.5, 0.6) is 0 Å². The lowest BCUT2D eigenvalue weighted by Gasteiger charge is -2.24. The Hall–Kier alpha value is -3.34. The van der Waals surface area contributed by atoms with Gasteiger partial charge in [-0.15, -0.1) is 0 Å². The SMILES string of the molecule is CC(C)(c1cc(-c2cccc(C=C(CS(C)(=O)=O)c3ccc(S(C)(=O)=O)cc3)c2)c2ncccc2c1)S(C)(=O)=O. The molecule has 1 aromatic heterocycles. The second-order valence-corrected chi connectivity index (χ2v) is 17.3. The summed E-state index contributed by atoms with van der Waals surface area (Å²) in [7, 11) is -10.2. The molecule has 40 heavy (non-hydrogen) atoms. The quantitative estimate of drug-likeness (QED) is 0.257. The summed E-state index contributed by atoms with van der Waals surface area (Å²) in [6, 6.07) is 21.0. The molecule has 0 atom stereocenters. The predicted octanol–water partition coefficient (Wildman–Crippen LogP) is 5.17. The zero-order valence-corrected chi connectivity index (χ0v) is 25.4. The molecule has 0 amide bonds. The van der Waals surface area contributed by atoms with Gasteiger partial charge in [0.2, 0.25) is 0 Å². The molecular formula is C30H31NO6S3. The van der Waals surface area contributed by atoms with Crippen LogP contribution in [-0.2, 0) is 34.3 Å². The summed E-state index contributed by atoms with van der Waals surface area (Å²) in [5.41, 5.74) is 4.71. The van der Waals surface area contributed by atoms with E-state index in [-0.39, 0.29) is 10.6 Å². The molecule has 0 fully saturated rings. The van der Waals surface area contributed by atoms with E-state index in [0.717, 1.165) is 34.6 Å². The zero-order valence-electron chi connectivity index (χ0n) is 22.9. The minimum atomic E-state index is -3.43. The van der Waals surface area contributed by atoms with E-state index in [0.29, 0.717) is 22.2 Å². The van der Waals surface area contributed by atoms with Gasteiger partial charge in [-0.05, 0) is 78.1 Å². The van der Waals surface area contributed by atoms with Crippen molar-refractivity contribution in [3.8, 4) is 11.1 Å². The van der Waals surface area contributed by atoms with Crippen LogP contribution in [0.4, 0.5) is 0 Å². The molecule has 10 heteroatoms. The Balaban J connectivity index is 1.89. The van der Waals surface area contributed by atoms with E-state index in [1.165, 1.54) is 18.4 Å². The van der Waals surface area contributed by atoms with Gasteiger partial charge in [-0.25, -0.2) is 25.3 Å². The third-order valence-electron chi connectivity index (χ3n) is 6.94. The smallest absolute Gasteiger partial charge is 0.175 e. The molecule has 0 bridgehead atoms. The molecule has 210 valence electrons. The lowest BCUT2D eigenvalue weighted by atomic mass is 9.92. The maximum absolute atomic E-state index is 12.6. The van der Waals surface area contributed by atoms with Crippen LogP contribution < -0.4 is 0 Å². The standard InChI is InChI=1S/C30H31NO6S3/c1-30(2,40(5,36)37)26-18-24-10-7-15-31-29(24)28(19-26)23-9-6-8-21(16-23)17-25(20-38(3,32)33)22-11-13-27(14-12-22)39(4,34)35/h6-19H,20H2,1-5H3. The fraction of sp³-hybridized carbons (Fsp3) is 0.233. The van der Waals surface area contributed by atoms with Crippen molar-refractivity contribution in [3.63, 3.8) is 0 Å². The van der Waals surface area contributed by atoms with Crippen LogP contribution in [-0.4, -0.2) is 54.8 Å². The van der Waals surface area contributed by atoms with Crippen LogP contribution in [0.15, 0.2) is 83.9 Å². The second kappa shape index (κ2) is 10.6. The van der Waals surface area contributed by atoms with Gasteiger partial charge in [-0.3, -0.25) is 4.98 Å². The van der Waals surface area contributed by atoms with Crippen molar-refractivity contribution >= 4 is 52.1 Å². The number of fused-ring (bicyclic) bond motifs is 1. The van der Waals surface area contributed by atoms with Crippen molar-refractivity contribution in [2.45, 2.75) is 23.5 Å². The van der Waals surface area contributed by atoms with Gasteiger partial charge in [0, 0.05) is 35.9 Å². The lowest BCUT2D eigenvalue weighted by Crippen LogP contribution is -2.28. The molecule has 0 radical (unpaired) electrons. The molecule has 1 heterocycles. The summed E-state index contributed by atoms with van der Waals surface area (Å²) >= 11 is 0.